The molecule has 0 aliphatic carbocycles. The molecule has 1 aliphatic rings. The highest BCUT2D eigenvalue weighted by Gasteiger charge is 2.42. The predicted octanol–water partition coefficient (Wildman–Crippen LogP) is 5.16. The van der Waals surface area contributed by atoms with Crippen LogP contribution in [0.4, 0.5) is 18.9 Å². The number of ether oxygens (including phenoxy) is 1. The van der Waals surface area contributed by atoms with Gasteiger partial charge in [-0.25, -0.2) is 4.79 Å². The van der Waals surface area contributed by atoms with Gasteiger partial charge in [0.2, 0.25) is 5.91 Å². The lowest BCUT2D eigenvalue weighted by atomic mass is 9.83. The van der Waals surface area contributed by atoms with Crippen molar-refractivity contribution in [2.45, 2.75) is 45.8 Å². The molecular weight excluding hydrogens is 411 g/mol. The zero-order chi connectivity index (χ0) is 23.1. The van der Waals surface area contributed by atoms with Gasteiger partial charge in [-0.3, -0.25) is 9.69 Å². The fourth-order valence-corrected chi connectivity index (χ4v) is 3.92. The van der Waals surface area contributed by atoms with Gasteiger partial charge in [0.25, 0.3) is 0 Å². The van der Waals surface area contributed by atoms with Gasteiger partial charge in [-0.2, -0.15) is 13.2 Å². The predicted molar refractivity (Wildman–Crippen MR) is 110 cm³/mol. The third-order valence-electron chi connectivity index (χ3n) is 5.37. The van der Waals surface area contributed by atoms with Crippen LogP contribution in [0.25, 0.3) is 11.1 Å². The van der Waals surface area contributed by atoms with Gasteiger partial charge < -0.3 is 9.84 Å². The number of alkyl halides is 3. The number of rotatable bonds is 4. The minimum Gasteiger partial charge on any atom is -0.496 e. The van der Waals surface area contributed by atoms with Gasteiger partial charge in [0, 0.05) is 18.1 Å². The molecule has 2 aromatic rings. The zero-order valence-electron chi connectivity index (χ0n) is 17.7. The van der Waals surface area contributed by atoms with Crippen LogP contribution in [-0.4, -0.2) is 30.1 Å². The van der Waals surface area contributed by atoms with Crippen LogP contribution in [0.1, 0.15) is 38.3 Å². The lowest BCUT2D eigenvalue weighted by Crippen LogP contribution is -2.54. The monoisotopic (exact) mass is 435 g/mol. The molecule has 0 aromatic heterocycles. The maximum Gasteiger partial charge on any atom is 0.416 e. The molecule has 166 valence electrons. The van der Waals surface area contributed by atoms with E-state index in [2.05, 4.69) is 0 Å². The van der Waals surface area contributed by atoms with Gasteiger partial charge in [0.1, 0.15) is 11.8 Å². The van der Waals surface area contributed by atoms with Crippen molar-refractivity contribution in [3.63, 3.8) is 0 Å². The number of halogens is 3. The summed E-state index contributed by atoms with van der Waals surface area (Å²) in [6, 6.07) is 7.02. The van der Waals surface area contributed by atoms with Gasteiger partial charge in [-0.15, -0.1) is 0 Å². The van der Waals surface area contributed by atoms with E-state index in [1.165, 1.54) is 24.1 Å². The number of carboxylic acids is 1. The standard InChI is InChI=1S/C23H24F3NO4/c1-22(2,3)20(21(29)30)27-17-12-18(31-4)16(11-14(17)7-10-19(27)28)13-5-8-15(9-6-13)23(24,25)26/h5-6,8-9,11-12,20H,7,10H2,1-4H3,(H,29,30). The highest BCUT2D eigenvalue weighted by molar-refractivity contribution is 6.02. The number of anilines is 1. The quantitative estimate of drug-likeness (QED) is 0.721. The summed E-state index contributed by atoms with van der Waals surface area (Å²) in [7, 11) is 1.42. The van der Waals surface area contributed by atoms with Gasteiger partial charge in [-0.05, 0) is 41.2 Å². The number of nitrogens with zero attached hydrogens (tertiary/aromatic N) is 1. The molecule has 31 heavy (non-hydrogen) atoms. The topological polar surface area (TPSA) is 66.8 Å². The van der Waals surface area contributed by atoms with E-state index in [4.69, 9.17) is 4.74 Å². The first-order chi connectivity index (χ1) is 14.3. The van der Waals surface area contributed by atoms with Crippen LogP contribution in [0.3, 0.4) is 0 Å². The Balaban J connectivity index is 2.13. The van der Waals surface area contributed by atoms with Crippen molar-refractivity contribution in [3.8, 4) is 16.9 Å². The number of carboxylic acid groups (broad SMARTS) is 1. The van der Waals surface area contributed by atoms with Crippen LogP contribution in [0.15, 0.2) is 36.4 Å². The molecule has 0 spiro atoms. The van der Waals surface area contributed by atoms with Gasteiger partial charge in [0.15, 0.2) is 0 Å². The summed E-state index contributed by atoms with van der Waals surface area (Å²) in [5.74, 6) is -1.06. The molecule has 8 heteroatoms. The van der Waals surface area contributed by atoms with Crippen LogP contribution in [0.2, 0.25) is 0 Å². The summed E-state index contributed by atoms with van der Waals surface area (Å²) in [5.41, 5.74) is 0.819. The van der Waals surface area contributed by atoms with Crippen LogP contribution in [0, 0.1) is 5.41 Å². The van der Waals surface area contributed by atoms with Crippen molar-refractivity contribution < 1.29 is 32.6 Å². The number of aliphatic carboxylic acids is 1. The molecule has 1 unspecified atom stereocenters. The summed E-state index contributed by atoms with van der Waals surface area (Å²) in [6.45, 7) is 5.25. The Kier molecular flexibility index (Phi) is 5.78. The van der Waals surface area contributed by atoms with Crippen molar-refractivity contribution in [2.24, 2.45) is 5.41 Å². The number of hydrogen-bond donors (Lipinski definition) is 1. The van der Waals surface area contributed by atoms with Crippen molar-refractivity contribution in [1.29, 1.82) is 0 Å². The van der Waals surface area contributed by atoms with Crippen molar-refractivity contribution in [1.82, 2.24) is 0 Å². The molecular formula is C23H24F3NO4. The SMILES string of the molecule is COc1cc2c(cc1-c1ccc(C(F)(F)F)cc1)CCC(=O)N2C(C(=O)O)C(C)(C)C. The molecule has 0 saturated heterocycles. The zero-order valence-corrected chi connectivity index (χ0v) is 17.7. The van der Waals surface area contributed by atoms with E-state index >= 15 is 0 Å². The minimum absolute atomic E-state index is 0.144. The van der Waals surface area contributed by atoms with E-state index < -0.39 is 29.2 Å². The van der Waals surface area contributed by atoms with E-state index in [1.807, 2.05) is 0 Å². The van der Waals surface area contributed by atoms with E-state index in [0.717, 1.165) is 17.7 Å². The molecule has 1 atom stereocenters. The highest BCUT2D eigenvalue weighted by atomic mass is 19.4. The first-order valence-electron chi connectivity index (χ1n) is 9.78. The average molecular weight is 435 g/mol. The Morgan fingerprint density at radius 1 is 1.10 bits per heavy atom. The number of fused-ring (bicyclic) bond motifs is 1. The summed E-state index contributed by atoms with van der Waals surface area (Å²) in [4.78, 5) is 26.1. The summed E-state index contributed by atoms with van der Waals surface area (Å²) in [5, 5.41) is 9.84. The maximum atomic E-state index is 12.9. The lowest BCUT2D eigenvalue weighted by Gasteiger charge is -2.40. The molecule has 1 heterocycles. The number of carbonyl (C=O) groups is 2. The Hall–Kier alpha value is -3.03. The second kappa shape index (κ2) is 7.90. The van der Waals surface area contributed by atoms with Crippen LogP contribution in [0.5, 0.6) is 5.75 Å². The third-order valence-corrected chi connectivity index (χ3v) is 5.37. The Bertz CT molecular complexity index is 1010. The summed E-state index contributed by atoms with van der Waals surface area (Å²) >= 11 is 0. The molecule has 1 aliphatic heterocycles. The fourth-order valence-electron chi connectivity index (χ4n) is 3.92. The number of amides is 1. The molecule has 2 aromatic carbocycles. The summed E-state index contributed by atoms with van der Waals surface area (Å²) < 4.78 is 44.2. The largest absolute Gasteiger partial charge is 0.496 e. The van der Waals surface area contributed by atoms with E-state index in [9.17, 15) is 27.9 Å². The molecule has 0 radical (unpaired) electrons. The van der Waals surface area contributed by atoms with E-state index in [0.29, 0.717) is 29.0 Å². The molecule has 0 saturated carbocycles. The Labute approximate surface area is 178 Å². The third kappa shape index (κ3) is 4.38. The number of aryl methyl sites for hydroxylation is 1. The number of hydrogen-bond acceptors (Lipinski definition) is 3. The maximum absolute atomic E-state index is 12.9. The minimum atomic E-state index is -4.43. The van der Waals surface area contributed by atoms with E-state index in [1.54, 1.807) is 32.9 Å². The smallest absolute Gasteiger partial charge is 0.416 e. The van der Waals surface area contributed by atoms with Crippen molar-refractivity contribution in [2.75, 3.05) is 12.0 Å². The summed E-state index contributed by atoms with van der Waals surface area (Å²) in [6.07, 6.45) is -3.89. The van der Waals surface area contributed by atoms with Gasteiger partial charge >= 0.3 is 12.1 Å². The van der Waals surface area contributed by atoms with Gasteiger partial charge in [0.05, 0.1) is 18.4 Å². The fraction of sp³-hybridized carbons (Fsp3) is 0.391. The Morgan fingerprint density at radius 2 is 1.71 bits per heavy atom. The molecule has 0 bridgehead atoms. The molecule has 0 fully saturated rings. The van der Waals surface area contributed by atoms with Crippen molar-refractivity contribution >= 4 is 17.6 Å². The molecule has 1 N–H and O–H groups in total. The first kappa shape index (κ1) is 22.7. The van der Waals surface area contributed by atoms with Crippen molar-refractivity contribution in [3.05, 3.63) is 47.5 Å². The van der Waals surface area contributed by atoms with Crippen LogP contribution in [-0.2, 0) is 22.2 Å². The molecule has 1 amide bonds. The van der Waals surface area contributed by atoms with Gasteiger partial charge in [-0.1, -0.05) is 32.9 Å². The number of carbonyl (C=O) groups excluding carboxylic acids is 1. The Morgan fingerprint density at radius 3 is 2.19 bits per heavy atom. The normalized spacial score (nSPS) is 15.5. The number of benzene rings is 2. The van der Waals surface area contributed by atoms with Crippen LogP contribution >= 0.6 is 0 Å². The lowest BCUT2D eigenvalue weighted by molar-refractivity contribution is -0.143. The molecule has 5 nitrogen and oxygen atoms in total. The second-order valence-electron chi connectivity index (χ2n) is 8.63. The van der Waals surface area contributed by atoms with Crippen LogP contribution < -0.4 is 9.64 Å². The second-order valence-corrected chi connectivity index (χ2v) is 8.63. The first-order valence-corrected chi connectivity index (χ1v) is 9.78. The average Bonchev–Trinajstić information content (AvgIpc) is 2.67. The van der Waals surface area contributed by atoms with E-state index in [-0.39, 0.29) is 12.3 Å². The molecule has 3 rings (SSSR count). The highest BCUT2D eigenvalue weighted by Crippen LogP contribution is 2.42. The number of methoxy groups -OCH3 is 1.